The van der Waals surface area contributed by atoms with E-state index in [1.807, 2.05) is 17.9 Å². The molecule has 0 saturated heterocycles. The molecule has 4 heteroatoms. The molecule has 1 fully saturated rings. The topological polar surface area (TPSA) is 40.5 Å². The number of aryl methyl sites for hydroxylation is 1. The van der Waals surface area contributed by atoms with Crippen molar-refractivity contribution in [3.05, 3.63) is 29.3 Å². The van der Waals surface area contributed by atoms with Crippen molar-refractivity contribution in [2.45, 2.75) is 38.6 Å². The minimum Gasteiger partial charge on any atom is -0.507 e. The minimum atomic E-state index is -0.106. The van der Waals surface area contributed by atoms with E-state index in [4.69, 9.17) is 11.6 Å². The van der Waals surface area contributed by atoms with Crippen LogP contribution in [0.1, 0.15) is 41.6 Å². The molecule has 1 saturated carbocycles. The van der Waals surface area contributed by atoms with Crippen molar-refractivity contribution < 1.29 is 9.90 Å². The third-order valence-electron chi connectivity index (χ3n) is 3.74. The zero-order valence-electron chi connectivity index (χ0n) is 11.2. The van der Waals surface area contributed by atoms with Crippen LogP contribution < -0.4 is 0 Å². The van der Waals surface area contributed by atoms with Gasteiger partial charge in [-0.15, -0.1) is 11.6 Å². The molecule has 0 heterocycles. The first-order chi connectivity index (χ1) is 9.13. The minimum absolute atomic E-state index is 0.0579. The summed E-state index contributed by atoms with van der Waals surface area (Å²) in [5, 5.41) is 9.94. The highest BCUT2D eigenvalue weighted by Gasteiger charge is 2.28. The number of rotatable bonds is 4. The molecule has 1 aromatic rings. The van der Waals surface area contributed by atoms with Crippen LogP contribution in [-0.2, 0) is 0 Å². The van der Waals surface area contributed by atoms with E-state index >= 15 is 0 Å². The number of phenols is 1. The van der Waals surface area contributed by atoms with E-state index in [2.05, 4.69) is 0 Å². The van der Waals surface area contributed by atoms with Gasteiger partial charge in [0.1, 0.15) is 5.75 Å². The lowest BCUT2D eigenvalue weighted by atomic mass is 10.1. The van der Waals surface area contributed by atoms with Gasteiger partial charge < -0.3 is 10.0 Å². The second kappa shape index (κ2) is 6.29. The van der Waals surface area contributed by atoms with Crippen LogP contribution in [0.3, 0.4) is 0 Å². The van der Waals surface area contributed by atoms with Crippen LogP contribution in [0.5, 0.6) is 5.75 Å². The smallest absolute Gasteiger partial charge is 0.257 e. The van der Waals surface area contributed by atoms with Crippen molar-refractivity contribution in [3.8, 4) is 5.75 Å². The monoisotopic (exact) mass is 281 g/mol. The first-order valence-corrected chi connectivity index (χ1v) is 7.33. The average Bonchev–Trinajstić information content (AvgIpc) is 2.89. The van der Waals surface area contributed by atoms with Crippen LogP contribution in [0.2, 0.25) is 0 Å². The van der Waals surface area contributed by atoms with Crippen molar-refractivity contribution in [1.29, 1.82) is 0 Å². The Hall–Kier alpha value is -1.22. The van der Waals surface area contributed by atoms with Gasteiger partial charge in [0, 0.05) is 18.5 Å². The number of amides is 1. The van der Waals surface area contributed by atoms with Crippen LogP contribution in [0.4, 0.5) is 0 Å². The van der Waals surface area contributed by atoms with E-state index in [-0.39, 0.29) is 17.7 Å². The quantitative estimate of drug-likeness (QED) is 0.860. The molecule has 104 valence electrons. The molecular formula is C15H20ClNO2. The zero-order valence-corrected chi connectivity index (χ0v) is 12.0. The van der Waals surface area contributed by atoms with Crippen molar-refractivity contribution in [2.75, 3.05) is 12.4 Å². The number of carbonyl (C=O) groups excluding carboxylic acids is 1. The fraction of sp³-hybridized carbons (Fsp3) is 0.533. The normalized spacial score (nSPS) is 15.7. The third kappa shape index (κ3) is 3.21. The van der Waals surface area contributed by atoms with Gasteiger partial charge in [-0.05, 0) is 37.5 Å². The van der Waals surface area contributed by atoms with E-state index in [0.717, 1.165) is 31.2 Å². The number of nitrogens with zero attached hydrogens (tertiary/aromatic N) is 1. The molecule has 0 radical (unpaired) electrons. The second-order valence-electron chi connectivity index (χ2n) is 5.15. The van der Waals surface area contributed by atoms with Crippen LogP contribution in [0.15, 0.2) is 18.2 Å². The van der Waals surface area contributed by atoms with Crippen molar-refractivity contribution in [3.63, 3.8) is 0 Å². The molecule has 1 aliphatic carbocycles. The highest BCUT2D eigenvalue weighted by atomic mass is 35.5. The van der Waals surface area contributed by atoms with Gasteiger partial charge in [-0.3, -0.25) is 4.79 Å². The van der Waals surface area contributed by atoms with Gasteiger partial charge in [0.05, 0.1) is 5.56 Å². The molecule has 0 atom stereocenters. The Labute approximate surface area is 119 Å². The van der Waals surface area contributed by atoms with Crippen LogP contribution in [-0.4, -0.2) is 34.4 Å². The maximum absolute atomic E-state index is 12.6. The Morgan fingerprint density at radius 2 is 2.11 bits per heavy atom. The van der Waals surface area contributed by atoms with E-state index in [9.17, 15) is 9.90 Å². The number of hydrogen-bond acceptors (Lipinski definition) is 2. The van der Waals surface area contributed by atoms with Crippen LogP contribution in [0, 0.1) is 6.92 Å². The molecule has 0 aromatic heterocycles. The van der Waals surface area contributed by atoms with Gasteiger partial charge in [0.15, 0.2) is 0 Å². The summed E-state index contributed by atoms with van der Waals surface area (Å²) in [5.74, 6) is 0.377. The molecule has 0 aliphatic heterocycles. The second-order valence-corrected chi connectivity index (χ2v) is 5.52. The molecule has 1 aromatic carbocycles. The highest BCUT2D eigenvalue weighted by molar-refractivity contribution is 6.18. The number of benzene rings is 1. The number of hydrogen-bond donors (Lipinski definition) is 1. The van der Waals surface area contributed by atoms with Gasteiger partial charge in [0.2, 0.25) is 0 Å². The number of phenolic OH excluding ortho intramolecular Hbond substituents is 1. The largest absolute Gasteiger partial charge is 0.507 e. The summed E-state index contributed by atoms with van der Waals surface area (Å²) in [7, 11) is 0. The van der Waals surface area contributed by atoms with E-state index in [0.29, 0.717) is 18.0 Å². The molecule has 19 heavy (non-hydrogen) atoms. The van der Waals surface area contributed by atoms with E-state index < -0.39 is 0 Å². The number of halogens is 1. The first kappa shape index (κ1) is 14.2. The van der Waals surface area contributed by atoms with Gasteiger partial charge in [-0.25, -0.2) is 0 Å². The summed E-state index contributed by atoms with van der Waals surface area (Å²) < 4.78 is 0. The SMILES string of the molecule is Cc1ccc(C(=O)N(CCCl)C2CCCC2)c(O)c1. The Bertz CT molecular complexity index is 455. The van der Waals surface area contributed by atoms with Crippen molar-refractivity contribution in [1.82, 2.24) is 4.90 Å². The maximum atomic E-state index is 12.6. The van der Waals surface area contributed by atoms with Crippen LogP contribution >= 0.6 is 11.6 Å². The van der Waals surface area contributed by atoms with Gasteiger partial charge in [0.25, 0.3) is 5.91 Å². The Kier molecular flexibility index (Phi) is 4.70. The van der Waals surface area contributed by atoms with Gasteiger partial charge >= 0.3 is 0 Å². The number of aromatic hydroxyl groups is 1. The molecular weight excluding hydrogens is 262 g/mol. The van der Waals surface area contributed by atoms with Crippen molar-refractivity contribution >= 4 is 17.5 Å². The lowest BCUT2D eigenvalue weighted by Crippen LogP contribution is -2.40. The summed E-state index contributed by atoms with van der Waals surface area (Å²) in [5.41, 5.74) is 1.32. The summed E-state index contributed by atoms with van der Waals surface area (Å²) in [6.45, 7) is 2.43. The number of carbonyl (C=O) groups is 1. The third-order valence-corrected chi connectivity index (χ3v) is 3.90. The zero-order chi connectivity index (χ0) is 13.8. The fourth-order valence-electron chi connectivity index (χ4n) is 2.73. The van der Waals surface area contributed by atoms with Crippen molar-refractivity contribution in [2.24, 2.45) is 0 Å². The maximum Gasteiger partial charge on any atom is 0.257 e. The fourth-order valence-corrected chi connectivity index (χ4v) is 2.92. The molecule has 1 N–H and O–H groups in total. The van der Waals surface area contributed by atoms with Gasteiger partial charge in [-0.2, -0.15) is 0 Å². The lowest BCUT2D eigenvalue weighted by molar-refractivity contribution is 0.0692. The molecule has 0 unspecified atom stereocenters. The summed E-state index contributed by atoms with van der Waals surface area (Å²) in [6, 6.07) is 5.44. The summed E-state index contributed by atoms with van der Waals surface area (Å²) in [6.07, 6.45) is 4.40. The van der Waals surface area contributed by atoms with E-state index in [1.54, 1.807) is 12.1 Å². The molecule has 2 rings (SSSR count). The van der Waals surface area contributed by atoms with E-state index in [1.165, 1.54) is 0 Å². The summed E-state index contributed by atoms with van der Waals surface area (Å²) in [4.78, 5) is 14.4. The predicted molar refractivity (Wildman–Crippen MR) is 76.9 cm³/mol. The Morgan fingerprint density at radius 1 is 1.42 bits per heavy atom. The standard InChI is InChI=1S/C15H20ClNO2/c1-11-6-7-13(14(18)10-11)15(19)17(9-8-16)12-4-2-3-5-12/h6-7,10,12,18H,2-5,8-9H2,1H3. The molecule has 0 bridgehead atoms. The summed E-state index contributed by atoms with van der Waals surface area (Å²) >= 11 is 5.81. The lowest BCUT2D eigenvalue weighted by Gasteiger charge is -2.28. The molecule has 3 nitrogen and oxygen atoms in total. The molecule has 1 amide bonds. The molecule has 0 spiro atoms. The molecule has 1 aliphatic rings. The average molecular weight is 282 g/mol. The Balaban J connectivity index is 2.22. The van der Waals surface area contributed by atoms with Crippen LogP contribution in [0.25, 0.3) is 0 Å². The Morgan fingerprint density at radius 3 is 2.68 bits per heavy atom. The first-order valence-electron chi connectivity index (χ1n) is 6.80. The predicted octanol–water partition coefficient (Wildman–Crippen LogP) is 3.32. The highest BCUT2D eigenvalue weighted by Crippen LogP contribution is 2.27. The number of alkyl halides is 1. The van der Waals surface area contributed by atoms with Gasteiger partial charge in [-0.1, -0.05) is 18.9 Å².